The molecule has 6 N–H and O–H groups in total. The number of aromatic nitrogens is 2. The summed E-state index contributed by atoms with van der Waals surface area (Å²) < 4.78 is 39.5. The number of nitrogens with zero attached hydrogens (tertiary/aromatic N) is 4. The zero-order chi connectivity index (χ0) is 32.4. The number of nitrogens with two attached hydrogens (primary N) is 2. The van der Waals surface area contributed by atoms with Gasteiger partial charge in [-0.25, -0.2) is 19.2 Å². The fourth-order valence-corrected chi connectivity index (χ4v) is 5.44. The van der Waals surface area contributed by atoms with E-state index in [2.05, 4.69) is 19.9 Å². The first-order valence-corrected chi connectivity index (χ1v) is 16.0. The Morgan fingerprint density at radius 3 is 2.43 bits per heavy atom. The van der Waals surface area contributed by atoms with Gasteiger partial charge in [0.1, 0.15) is 0 Å². The zero-order valence-corrected chi connectivity index (χ0v) is 27.1. The maximum absolute atomic E-state index is 13.5. The van der Waals surface area contributed by atoms with Crippen molar-refractivity contribution in [2.75, 3.05) is 59.6 Å². The molecule has 14 heteroatoms. The zero-order valence-electron chi connectivity index (χ0n) is 26.3. The molecule has 2 heterocycles. The number of carbonyl (C=O) groups excluding carboxylic acids is 1. The number of aryl methyl sites for hydroxylation is 1. The molecule has 1 saturated heterocycles. The van der Waals surface area contributed by atoms with Crippen LogP contribution in [-0.2, 0) is 27.2 Å². The number of carbonyl (C=O) groups is 1. The summed E-state index contributed by atoms with van der Waals surface area (Å²) in [5, 5.41) is 4.26. The summed E-state index contributed by atoms with van der Waals surface area (Å²) in [6.07, 6.45) is 4.34. The first-order chi connectivity index (χ1) is 20.6. The van der Waals surface area contributed by atoms with Gasteiger partial charge in [-0.3, -0.25) is 14.5 Å². The summed E-state index contributed by atoms with van der Waals surface area (Å²) in [7, 11) is -0.313. The summed E-state index contributed by atoms with van der Waals surface area (Å²) in [4.78, 5) is 20.2. The number of methoxy groups -OCH3 is 1. The van der Waals surface area contributed by atoms with Crippen molar-refractivity contribution in [3.8, 4) is 5.75 Å². The lowest BCUT2D eigenvalue weighted by Gasteiger charge is -2.27. The quantitative estimate of drug-likeness (QED) is 0.204. The Bertz CT molecular complexity index is 1670. The minimum Gasteiger partial charge on any atom is -0.492 e. The molecule has 1 aliphatic rings. The number of benzene rings is 2. The van der Waals surface area contributed by atoms with E-state index in [4.69, 9.17) is 21.1 Å². The fourth-order valence-electron chi connectivity index (χ4n) is 4.88. The summed E-state index contributed by atoms with van der Waals surface area (Å²) in [5.41, 5.74) is 10.2. The number of anilines is 4. The standard InChI is InChI=1S/C30H42N8O5S/c1-19-8-9-20(28(39)34-23-15-21(30(2,3)4)16-24(27(23)42-6)35-44(7,40)41)14-25(19)38(32)18-22(31)26-17-33-29(36(26)5)37-10-12-43-13-11-37/h8-9,14-18,35H,10-13,31-32H2,1-7H3,(H,34,39)/b22-18-. The monoisotopic (exact) mass is 626 g/mol. The molecule has 1 amide bonds. The van der Waals surface area contributed by atoms with Crippen molar-refractivity contribution in [2.24, 2.45) is 18.6 Å². The van der Waals surface area contributed by atoms with Crippen molar-refractivity contribution >= 4 is 44.6 Å². The van der Waals surface area contributed by atoms with E-state index in [0.717, 1.165) is 36.4 Å². The van der Waals surface area contributed by atoms with E-state index in [1.165, 1.54) is 12.1 Å². The molecule has 0 atom stereocenters. The van der Waals surface area contributed by atoms with Crippen LogP contribution in [0.3, 0.4) is 0 Å². The lowest BCUT2D eigenvalue weighted by Crippen LogP contribution is -2.37. The van der Waals surface area contributed by atoms with Crippen molar-refractivity contribution < 1.29 is 22.7 Å². The van der Waals surface area contributed by atoms with Crippen LogP contribution < -0.4 is 36.3 Å². The smallest absolute Gasteiger partial charge is 0.255 e. The van der Waals surface area contributed by atoms with Crippen molar-refractivity contribution in [1.29, 1.82) is 0 Å². The summed E-state index contributed by atoms with van der Waals surface area (Å²) in [6.45, 7) is 10.6. The number of imidazole rings is 1. The largest absolute Gasteiger partial charge is 0.492 e. The van der Waals surface area contributed by atoms with E-state index < -0.39 is 15.9 Å². The fraction of sp³-hybridized carbons (Fsp3) is 0.400. The second-order valence-corrected chi connectivity index (χ2v) is 13.5. The highest BCUT2D eigenvalue weighted by molar-refractivity contribution is 7.92. The lowest BCUT2D eigenvalue weighted by molar-refractivity contribution is 0.102. The highest BCUT2D eigenvalue weighted by Crippen LogP contribution is 2.39. The number of morpholine rings is 1. The van der Waals surface area contributed by atoms with Crippen LogP contribution in [0.25, 0.3) is 5.70 Å². The average Bonchev–Trinajstić information content (AvgIpc) is 3.33. The Kier molecular flexibility index (Phi) is 9.47. The topological polar surface area (TPSA) is 170 Å². The maximum atomic E-state index is 13.5. The maximum Gasteiger partial charge on any atom is 0.255 e. The number of nitrogens with one attached hydrogen (secondary N) is 2. The highest BCUT2D eigenvalue weighted by Gasteiger charge is 2.23. The van der Waals surface area contributed by atoms with Crippen molar-refractivity contribution in [3.05, 3.63) is 65.1 Å². The molecule has 2 aromatic carbocycles. The molecular weight excluding hydrogens is 584 g/mol. The Labute approximate surface area is 258 Å². The van der Waals surface area contributed by atoms with Crippen LogP contribution in [0.2, 0.25) is 0 Å². The third-order valence-corrected chi connectivity index (χ3v) is 7.87. The molecular formula is C30H42N8O5S. The lowest BCUT2D eigenvalue weighted by atomic mass is 9.86. The Hall–Kier alpha value is -4.27. The van der Waals surface area contributed by atoms with Gasteiger partial charge in [-0.2, -0.15) is 0 Å². The number of sulfonamides is 1. The van der Waals surface area contributed by atoms with Gasteiger partial charge in [-0.15, -0.1) is 0 Å². The first kappa shape index (κ1) is 32.6. The second-order valence-electron chi connectivity index (χ2n) is 11.8. The van der Waals surface area contributed by atoms with Gasteiger partial charge in [0.2, 0.25) is 16.0 Å². The molecule has 3 aromatic rings. The minimum absolute atomic E-state index is 0.188. The van der Waals surface area contributed by atoms with E-state index >= 15 is 0 Å². The molecule has 0 bridgehead atoms. The average molecular weight is 627 g/mol. The predicted molar refractivity (Wildman–Crippen MR) is 174 cm³/mol. The SMILES string of the molecule is COc1c(NC(=O)c2ccc(C)c(N(N)/C=C(\N)c3cnc(N4CCOCC4)n3C)c2)cc(C(C)(C)C)cc1NS(C)(=O)=O. The molecule has 0 unspecified atom stereocenters. The van der Waals surface area contributed by atoms with Gasteiger partial charge in [0, 0.05) is 31.9 Å². The van der Waals surface area contributed by atoms with Crippen LogP contribution in [0, 0.1) is 6.92 Å². The van der Waals surface area contributed by atoms with Gasteiger partial charge in [-0.1, -0.05) is 26.8 Å². The first-order valence-electron chi connectivity index (χ1n) is 14.1. The number of hydrogen-bond acceptors (Lipinski definition) is 10. The summed E-state index contributed by atoms with van der Waals surface area (Å²) >= 11 is 0. The van der Waals surface area contributed by atoms with Gasteiger partial charge in [0.05, 0.1) is 61.2 Å². The molecule has 44 heavy (non-hydrogen) atoms. The number of amides is 1. The van der Waals surface area contributed by atoms with Crippen LogP contribution >= 0.6 is 0 Å². The number of hydrazine groups is 1. The molecule has 13 nitrogen and oxygen atoms in total. The third kappa shape index (κ3) is 7.44. The van der Waals surface area contributed by atoms with Crippen LogP contribution in [-0.4, -0.2) is 63.5 Å². The van der Waals surface area contributed by atoms with Crippen LogP contribution in [0.1, 0.15) is 48.0 Å². The summed E-state index contributed by atoms with van der Waals surface area (Å²) in [6, 6.07) is 8.60. The second kappa shape index (κ2) is 12.8. The molecule has 1 aromatic heterocycles. The van der Waals surface area contributed by atoms with E-state index in [1.54, 1.807) is 42.7 Å². The van der Waals surface area contributed by atoms with E-state index in [0.29, 0.717) is 41.5 Å². The molecule has 0 radical (unpaired) electrons. The molecule has 0 aliphatic carbocycles. The molecule has 1 fully saturated rings. The van der Waals surface area contributed by atoms with Gasteiger partial charge in [0.25, 0.3) is 5.91 Å². The van der Waals surface area contributed by atoms with Gasteiger partial charge in [0.15, 0.2) is 5.75 Å². The van der Waals surface area contributed by atoms with E-state index in [9.17, 15) is 13.2 Å². The molecule has 1 aliphatic heterocycles. The van der Waals surface area contributed by atoms with Crippen molar-refractivity contribution in [1.82, 2.24) is 9.55 Å². The minimum atomic E-state index is -3.62. The van der Waals surface area contributed by atoms with E-state index in [1.807, 2.05) is 39.3 Å². The number of ether oxygens (including phenoxy) is 2. The normalized spacial score (nSPS) is 14.4. The Balaban J connectivity index is 1.62. The van der Waals surface area contributed by atoms with E-state index in [-0.39, 0.29) is 16.9 Å². The third-order valence-electron chi connectivity index (χ3n) is 7.28. The van der Waals surface area contributed by atoms with Crippen LogP contribution in [0.15, 0.2) is 42.7 Å². The molecule has 0 saturated carbocycles. The highest BCUT2D eigenvalue weighted by atomic mass is 32.2. The van der Waals surface area contributed by atoms with Gasteiger partial charge < -0.3 is 30.0 Å². The number of rotatable bonds is 9. The van der Waals surface area contributed by atoms with Crippen LogP contribution in [0.5, 0.6) is 5.75 Å². The Morgan fingerprint density at radius 2 is 1.82 bits per heavy atom. The van der Waals surface area contributed by atoms with Gasteiger partial charge >= 0.3 is 0 Å². The van der Waals surface area contributed by atoms with Crippen molar-refractivity contribution in [3.63, 3.8) is 0 Å². The Morgan fingerprint density at radius 1 is 1.16 bits per heavy atom. The number of hydrogen-bond donors (Lipinski definition) is 4. The van der Waals surface area contributed by atoms with Crippen molar-refractivity contribution in [2.45, 2.75) is 33.1 Å². The molecule has 238 valence electrons. The molecule has 4 rings (SSSR count). The van der Waals surface area contributed by atoms with Crippen LogP contribution in [0.4, 0.5) is 23.0 Å². The summed E-state index contributed by atoms with van der Waals surface area (Å²) in [5.74, 6) is 6.99. The van der Waals surface area contributed by atoms with Gasteiger partial charge in [-0.05, 0) is 47.7 Å². The predicted octanol–water partition coefficient (Wildman–Crippen LogP) is 3.13. The molecule has 0 spiro atoms.